The van der Waals surface area contributed by atoms with Gasteiger partial charge in [0.2, 0.25) is 5.91 Å². The van der Waals surface area contributed by atoms with E-state index in [1.807, 2.05) is 48.7 Å². The molecular weight excluding hydrogens is 370 g/mol. The first-order valence-electron chi connectivity index (χ1n) is 10.2. The first kappa shape index (κ1) is 19.0. The van der Waals surface area contributed by atoms with Crippen LogP contribution in [0.2, 0.25) is 5.02 Å². The normalized spacial score (nSPS) is 15.5. The van der Waals surface area contributed by atoms with Crippen molar-refractivity contribution >= 4 is 23.2 Å². The number of hydrogen-bond donors (Lipinski definition) is 1. The van der Waals surface area contributed by atoms with Crippen molar-refractivity contribution in [1.29, 1.82) is 0 Å². The zero-order valence-electron chi connectivity index (χ0n) is 16.0. The lowest BCUT2D eigenvalue weighted by Crippen LogP contribution is -2.34. The maximum Gasteiger partial charge on any atom is 0.220 e. The summed E-state index contributed by atoms with van der Waals surface area (Å²) in [5.41, 5.74) is 3.90. The van der Waals surface area contributed by atoms with Gasteiger partial charge >= 0.3 is 0 Å². The van der Waals surface area contributed by atoms with Crippen LogP contribution in [0.25, 0.3) is 16.9 Å². The Morgan fingerprint density at radius 1 is 1.07 bits per heavy atom. The van der Waals surface area contributed by atoms with E-state index in [0.717, 1.165) is 35.4 Å². The molecule has 4 rings (SSSR count). The molecule has 0 atom stereocenters. The van der Waals surface area contributed by atoms with Crippen LogP contribution in [0.4, 0.5) is 0 Å². The summed E-state index contributed by atoms with van der Waals surface area (Å²) in [5, 5.41) is 3.96. The summed E-state index contributed by atoms with van der Waals surface area (Å²) in [7, 11) is 0. The predicted octanol–water partition coefficient (Wildman–Crippen LogP) is 5.43. The van der Waals surface area contributed by atoms with Gasteiger partial charge in [0.1, 0.15) is 5.65 Å². The number of carbonyl (C=O) groups is 1. The van der Waals surface area contributed by atoms with E-state index in [9.17, 15) is 4.79 Å². The van der Waals surface area contributed by atoms with Crippen LogP contribution in [-0.4, -0.2) is 21.3 Å². The second-order valence-electron chi connectivity index (χ2n) is 7.60. The minimum atomic E-state index is 0.139. The highest BCUT2D eigenvalue weighted by Crippen LogP contribution is 2.27. The molecule has 0 bridgehead atoms. The third-order valence-corrected chi connectivity index (χ3v) is 5.81. The van der Waals surface area contributed by atoms with Gasteiger partial charge in [-0.25, -0.2) is 4.98 Å². The Kier molecular flexibility index (Phi) is 5.96. The van der Waals surface area contributed by atoms with E-state index in [1.54, 1.807) is 0 Å². The summed E-state index contributed by atoms with van der Waals surface area (Å²) >= 11 is 6.05. The molecule has 1 aliphatic carbocycles. The molecule has 1 aliphatic rings. The molecule has 0 radical (unpaired) electrons. The van der Waals surface area contributed by atoms with Gasteiger partial charge in [0.05, 0.1) is 11.4 Å². The number of carbonyl (C=O) groups excluding carboxylic acids is 1. The Morgan fingerprint density at radius 3 is 2.57 bits per heavy atom. The molecular formula is C23H26ClN3O. The van der Waals surface area contributed by atoms with E-state index in [2.05, 4.69) is 9.72 Å². The van der Waals surface area contributed by atoms with Crippen molar-refractivity contribution < 1.29 is 4.79 Å². The number of pyridine rings is 1. The lowest BCUT2D eigenvalue weighted by atomic mass is 10.1. The smallest absolute Gasteiger partial charge is 0.220 e. The standard InChI is InChI=1S/C23H26ClN3O/c24-18-12-10-17(11-13-18)23-20(27-16-6-5-9-21(27)26-23)14-15-22(28)25-19-7-3-1-2-4-8-19/h5-6,9-13,16,19H,1-4,7-8,14-15H2,(H,25,28). The molecule has 2 heterocycles. The van der Waals surface area contributed by atoms with Crippen molar-refractivity contribution in [2.24, 2.45) is 0 Å². The monoisotopic (exact) mass is 395 g/mol. The highest BCUT2D eigenvalue weighted by Gasteiger charge is 2.18. The second kappa shape index (κ2) is 8.78. The number of aromatic nitrogens is 2. The Balaban J connectivity index is 1.53. The number of rotatable bonds is 5. The molecule has 0 aliphatic heterocycles. The molecule has 0 saturated heterocycles. The lowest BCUT2D eigenvalue weighted by Gasteiger charge is -2.16. The molecule has 4 nitrogen and oxygen atoms in total. The number of nitrogens with zero attached hydrogens (tertiary/aromatic N) is 2. The molecule has 5 heteroatoms. The Hall–Kier alpha value is -2.33. The number of hydrogen-bond acceptors (Lipinski definition) is 2. The van der Waals surface area contributed by atoms with Crippen LogP contribution in [0.3, 0.4) is 0 Å². The molecule has 1 fully saturated rings. The van der Waals surface area contributed by atoms with Gasteiger partial charge in [-0.05, 0) is 43.5 Å². The average Bonchev–Trinajstić information content (AvgIpc) is 2.87. The van der Waals surface area contributed by atoms with Crippen LogP contribution < -0.4 is 5.32 Å². The first-order valence-corrected chi connectivity index (χ1v) is 10.6. The van der Waals surface area contributed by atoms with Gasteiger partial charge in [-0.15, -0.1) is 0 Å². The summed E-state index contributed by atoms with van der Waals surface area (Å²) in [6.45, 7) is 0. The molecule has 1 saturated carbocycles. The molecule has 2 aromatic heterocycles. The van der Waals surface area contributed by atoms with E-state index in [0.29, 0.717) is 23.9 Å². The highest BCUT2D eigenvalue weighted by atomic mass is 35.5. The molecule has 0 unspecified atom stereocenters. The van der Waals surface area contributed by atoms with Gasteiger partial charge < -0.3 is 9.72 Å². The fraction of sp³-hybridized carbons (Fsp3) is 0.391. The van der Waals surface area contributed by atoms with E-state index < -0.39 is 0 Å². The van der Waals surface area contributed by atoms with Gasteiger partial charge in [-0.3, -0.25) is 4.79 Å². The fourth-order valence-corrected chi connectivity index (χ4v) is 4.21. The van der Waals surface area contributed by atoms with E-state index in [1.165, 1.54) is 25.7 Å². The summed E-state index contributed by atoms with van der Waals surface area (Å²) in [6, 6.07) is 14.0. The Labute approximate surface area is 170 Å². The number of benzene rings is 1. The lowest BCUT2D eigenvalue weighted by molar-refractivity contribution is -0.121. The van der Waals surface area contributed by atoms with Crippen molar-refractivity contribution in [3.05, 3.63) is 59.4 Å². The van der Waals surface area contributed by atoms with Gasteiger partial charge in [-0.2, -0.15) is 0 Å². The summed E-state index contributed by atoms with van der Waals surface area (Å²) in [6.07, 6.45) is 10.4. The zero-order valence-corrected chi connectivity index (χ0v) is 16.8. The van der Waals surface area contributed by atoms with Crippen molar-refractivity contribution in [2.75, 3.05) is 0 Å². The Morgan fingerprint density at radius 2 is 1.82 bits per heavy atom. The summed E-state index contributed by atoms with van der Waals surface area (Å²) < 4.78 is 2.09. The van der Waals surface area contributed by atoms with Crippen LogP contribution >= 0.6 is 11.6 Å². The van der Waals surface area contributed by atoms with Crippen LogP contribution in [0, 0.1) is 0 Å². The minimum absolute atomic E-state index is 0.139. The van der Waals surface area contributed by atoms with Crippen LogP contribution in [-0.2, 0) is 11.2 Å². The maximum absolute atomic E-state index is 12.6. The van der Waals surface area contributed by atoms with Crippen molar-refractivity contribution in [3.8, 4) is 11.3 Å². The number of aryl methyl sites for hydroxylation is 1. The third-order valence-electron chi connectivity index (χ3n) is 5.56. The SMILES string of the molecule is O=C(CCc1c(-c2ccc(Cl)cc2)nc2ccccn12)NC1CCCCCC1. The molecule has 0 spiro atoms. The minimum Gasteiger partial charge on any atom is -0.353 e. The van der Waals surface area contributed by atoms with Crippen molar-refractivity contribution in [3.63, 3.8) is 0 Å². The topological polar surface area (TPSA) is 46.4 Å². The van der Waals surface area contributed by atoms with E-state index in [-0.39, 0.29) is 5.91 Å². The number of halogens is 1. The predicted molar refractivity (Wildman–Crippen MR) is 114 cm³/mol. The number of fused-ring (bicyclic) bond motifs is 1. The zero-order chi connectivity index (χ0) is 19.3. The average molecular weight is 396 g/mol. The van der Waals surface area contributed by atoms with E-state index in [4.69, 9.17) is 16.6 Å². The number of amides is 1. The molecule has 3 aromatic rings. The quantitative estimate of drug-likeness (QED) is 0.586. The summed E-state index contributed by atoms with van der Waals surface area (Å²) in [4.78, 5) is 17.4. The number of imidazole rings is 1. The van der Waals surface area contributed by atoms with Crippen molar-refractivity contribution in [2.45, 2.75) is 57.4 Å². The summed E-state index contributed by atoms with van der Waals surface area (Å²) in [5.74, 6) is 0.139. The maximum atomic E-state index is 12.6. The second-order valence-corrected chi connectivity index (χ2v) is 8.04. The van der Waals surface area contributed by atoms with Gasteiger partial charge in [0.25, 0.3) is 0 Å². The largest absolute Gasteiger partial charge is 0.353 e. The molecule has 28 heavy (non-hydrogen) atoms. The fourth-order valence-electron chi connectivity index (χ4n) is 4.08. The van der Waals surface area contributed by atoms with Crippen LogP contribution in [0.1, 0.15) is 50.6 Å². The Bertz CT molecular complexity index is 940. The molecule has 1 amide bonds. The molecule has 1 N–H and O–H groups in total. The van der Waals surface area contributed by atoms with Crippen molar-refractivity contribution in [1.82, 2.24) is 14.7 Å². The third kappa shape index (κ3) is 4.39. The highest BCUT2D eigenvalue weighted by molar-refractivity contribution is 6.30. The first-order chi connectivity index (χ1) is 13.7. The molecule has 1 aromatic carbocycles. The van der Waals surface area contributed by atoms with Gasteiger partial charge in [-0.1, -0.05) is 55.5 Å². The van der Waals surface area contributed by atoms with Crippen LogP contribution in [0.15, 0.2) is 48.7 Å². The van der Waals surface area contributed by atoms with Crippen LogP contribution in [0.5, 0.6) is 0 Å². The van der Waals surface area contributed by atoms with Gasteiger partial charge in [0, 0.05) is 29.2 Å². The van der Waals surface area contributed by atoms with E-state index >= 15 is 0 Å². The van der Waals surface area contributed by atoms with Gasteiger partial charge in [0.15, 0.2) is 0 Å². The number of nitrogens with one attached hydrogen (secondary N) is 1. The molecule has 146 valence electrons.